The first-order valence-electron chi connectivity index (χ1n) is 18.4. The third-order valence-corrected chi connectivity index (χ3v) is 8.77. The van der Waals surface area contributed by atoms with Crippen molar-refractivity contribution in [2.75, 3.05) is 0 Å². The smallest absolute Gasteiger partial charge is 0.144 e. The van der Waals surface area contributed by atoms with Gasteiger partial charge in [0.05, 0.1) is 5.69 Å². The van der Waals surface area contributed by atoms with Crippen molar-refractivity contribution in [3.63, 3.8) is 0 Å². The lowest BCUT2D eigenvalue weighted by Gasteiger charge is -2.26. The van der Waals surface area contributed by atoms with Crippen LogP contribution in [0.3, 0.4) is 0 Å². The lowest BCUT2D eigenvalue weighted by molar-refractivity contribution is 0.411. The molecule has 2 aromatic heterocycles. The largest absolute Gasteiger partial charge is 0.455 e. The van der Waals surface area contributed by atoms with Gasteiger partial charge in [-0.25, -0.2) is 0 Å². The zero-order valence-electron chi connectivity index (χ0n) is 32.2. The van der Waals surface area contributed by atoms with Crippen LogP contribution in [0.1, 0.15) is 89.4 Å². The van der Waals surface area contributed by atoms with Crippen molar-refractivity contribution >= 4 is 43.5 Å². The van der Waals surface area contributed by atoms with Crippen LogP contribution in [0, 0.1) is 12.3 Å². The molecule has 0 aliphatic rings. The van der Waals surface area contributed by atoms with Crippen molar-refractivity contribution in [2.24, 2.45) is 5.41 Å². The molecule has 45 heavy (non-hydrogen) atoms. The highest BCUT2D eigenvalue weighted by molar-refractivity contribution is 6.17. The van der Waals surface area contributed by atoms with E-state index in [0.29, 0.717) is 22.4 Å². The number of rotatable bonds is 5. The van der Waals surface area contributed by atoms with Gasteiger partial charge in [-0.05, 0) is 110 Å². The Labute approximate surface area is 274 Å². The fourth-order valence-electron chi connectivity index (χ4n) is 6.72. The zero-order valence-corrected chi connectivity index (χ0v) is 27.2. The molecule has 0 aliphatic heterocycles. The number of hydrogen-bond acceptors (Lipinski definition) is 2. The summed E-state index contributed by atoms with van der Waals surface area (Å²) in [6, 6.07) is 28.8. The highest BCUT2D eigenvalue weighted by Crippen LogP contribution is 2.43. The molecule has 0 amide bonds. The number of aromatic nitrogens is 1. The van der Waals surface area contributed by atoms with Crippen LogP contribution in [0.2, 0.25) is 0 Å². The van der Waals surface area contributed by atoms with Gasteiger partial charge in [-0.15, -0.1) is 0 Å². The van der Waals surface area contributed by atoms with Crippen molar-refractivity contribution in [2.45, 2.75) is 73.5 Å². The Morgan fingerprint density at radius 3 is 2.16 bits per heavy atom. The molecule has 0 atom stereocenters. The van der Waals surface area contributed by atoms with Gasteiger partial charge in [-0.3, -0.25) is 4.98 Å². The van der Waals surface area contributed by atoms with Gasteiger partial charge in [0.2, 0.25) is 0 Å². The van der Waals surface area contributed by atoms with E-state index >= 15 is 0 Å². The summed E-state index contributed by atoms with van der Waals surface area (Å²) in [6.45, 7) is 11.6. The summed E-state index contributed by atoms with van der Waals surface area (Å²) in [5.74, 6) is 0.00612. The molecule has 2 heteroatoms. The molecule has 0 saturated heterocycles. The predicted octanol–water partition coefficient (Wildman–Crippen LogP) is 12.8. The first-order chi connectivity index (χ1) is 23.5. The quantitative estimate of drug-likeness (QED) is 0.185. The van der Waals surface area contributed by atoms with Gasteiger partial charge in [0.25, 0.3) is 0 Å². The molecule has 0 radical (unpaired) electrons. The van der Waals surface area contributed by atoms with Crippen LogP contribution in [0.15, 0.2) is 95.5 Å². The zero-order chi connectivity index (χ0) is 35.9. The van der Waals surface area contributed by atoms with E-state index in [-0.39, 0.29) is 17.4 Å². The molecule has 0 fully saturated rings. The van der Waals surface area contributed by atoms with Crippen LogP contribution in [-0.4, -0.2) is 4.98 Å². The molecule has 2 nitrogen and oxygen atoms in total. The Morgan fingerprint density at radius 1 is 0.733 bits per heavy atom. The second kappa shape index (κ2) is 10.9. The monoisotopic (exact) mass is 594 g/mol. The predicted molar refractivity (Wildman–Crippen MR) is 193 cm³/mol. The fraction of sp³-hybridized carbons (Fsp3) is 0.279. The molecule has 0 spiro atoms. The Morgan fingerprint density at radius 2 is 1.44 bits per heavy atom. The Balaban J connectivity index is 1.50. The summed E-state index contributed by atoms with van der Waals surface area (Å²) in [4.78, 5) is 4.78. The van der Waals surface area contributed by atoms with Gasteiger partial charge in [0, 0.05) is 29.4 Å². The standard InChI is InChI=1S/C43H43NO/c1-25(2)34-18-28(23-43(6,7)8)19-35(26(3)4)41(34)36-21-39(44-24-27(36)5)33-15-11-14-32-38-20-30-17-16-29-12-9-10-13-31(29)37(30)22-40(38)45-42(32)33/h9-22,24-26H,23H2,1-8H3/i5D3,23D2. The first kappa shape index (κ1) is 23.9. The Kier molecular flexibility index (Phi) is 5.77. The van der Waals surface area contributed by atoms with E-state index < -0.39 is 18.6 Å². The molecule has 7 aromatic rings. The highest BCUT2D eigenvalue weighted by atomic mass is 16.3. The van der Waals surface area contributed by atoms with Crippen molar-refractivity contribution in [3.8, 4) is 22.4 Å². The van der Waals surface area contributed by atoms with E-state index in [1.54, 1.807) is 0 Å². The van der Waals surface area contributed by atoms with Gasteiger partial charge in [-0.1, -0.05) is 109 Å². The molecule has 0 saturated carbocycles. The summed E-state index contributed by atoms with van der Waals surface area (Å²) in [6.07, 6.45) is -0.112. The van der Waals surface area contributed by atoms with E-state index in [4.69, 9.17) is 16.3 Å². The number of para-hydroxylation sites is 1. The number of pyridine rings is 1. The van der Waals surface area contributed by atoms with Crippen molar-refractivity contribution in [1.82, 2.24) is 4.98 Å². The summed E-state index contributed by atoms with van der Waals surface area (Å²) >= 11 is 0. The molecule has 0 bridgehead atoms. The van der Waals surface area contributed by atoms with Gasteiger partial charge in [0.1, 0.15) is 11.2 Å². The maximum atomic E-state index is 9.12. The molecule has 0 aliphatic carbocycles. The number of fused-ring (bicyclic) bond motifs is 6. The van der Waals surface area contributed by atoms with Crippen molar-refractivity contribution in [3.05, 3.63) is 113 Å². The fourth-order valence-corrected chi connectivity index (χ4v) is 6.72. The number of nitrogens with zero attached hydrogens (tertiary/aromatic N) is 1. The van der Waals surface area contributed by atoms with E-state index in [2.05, 4.69) is 76.2 Å². The van der Waals surface area contributed by atoms with Crippen LogP contribution in [-0.2, 0) is 6.37 Å². The second-order valence-corrected chi connectivity index (χ2v) is 14.0. The topological polar surface area (TPSA) is 26.0 Å². The molecule has 7 rings (SSSR count). The summed E-state index contributed by atoms with van der Waals surface area (Å²) in [7, 11) is 0. The lowest BCUT2D eigenvalue weighted by Crippen LogP contribution is -2.11. The van der Waals surface area contributed by atoms with Crippen LogP contribution < -0.4 is 0 Å². The van der Waals surface area contributed by atoms with E-state index in [1.807, 2.05) is 57.2 Å². The average Bonchev–Trinajstić information content (AvgIpc) is 3.43. The maximum Gasteiger partial charge on any atom is 0.144 e. The lowest BCUT2D eigenvalue weighted by atomic mass is 9.79. The Hall–Kier alpha value is -4.43. The van der Waals surface area contributed by atoms with Crippen LogP contribution >= 0.6 is 0 Å². The SMILES string of the molecule is [2H]C([2H])([2H])c1cnc(-c2cccc3c2oc2cc4c(ccc5ccccc54)cc23)cc1-c1c(C(C)C)cc(C([2H])([2H])C(C)(C)C)cc1C(C)C. The molecule has 2 heterocycles. The van der Waals surface area contributed by atoms with Crippen molar-refractivity contribution in [1.29, 1.82) is 0 Å². The minimum atomic E-state index is -2.42. The maximum absolute atomic E-state index is 9.12. The van der Waals surface area contributed by atoms with Crippen LogP contribution in [0.5, 0.6) is 0 Å². The molecular formula is C43H43NO. The first-order valence-corrected chi connectivity index (χ1v) is 15.9. The highest BCUT2D eigenvalue weighted by Gasteiger charge is 2.22. The van der Waals surface area contributed by atoms with Gasteiger partial charge in [0.15, 0.2) is 0 Å². The van der Waals surface area contributed by atoms with Crippen LogP contribution in [0.25, 0.3) is 65.9 Å². The average molecular weight is 595 g/mol. The summed E-state index contributed by atoms with van der Waals surface area (Å²) in [5.41, 5.74) is 6.29. The minimum Gasteiger partial charge on any atom is -0.455 e. The van der Waals surface area contributed by atoms with Crippen molar-refractivity contribution < 1.29 is 11.3 Å². The van der Waals surface area contributed by atoms with Crippen LogP contribution in [0.4, 0.5) is 0 Å². The van der Waals surface area contributed by atoms with E-state index in [0.717, 1.165) is 49.4 Å². The normalized spacial score (nSPS) is 14.7. The third kappa shape index (κ3) is 5.21. The minimum absolute atomic E-state index is 0.00306. The van der Waals surface area contributed by atoms with E-state index in [9.17, 15) is 0 Å². The molecule has 226 valence electrons. The number of benzene rings is 5. The summed E-state index contributed by atoms with van der Waals surface area (Å²) in [5, 5.41) is 6.58. The van der Waals surface area contributed by atoms with Gasteiger partial charge >= 0.3 is 0 Å². The second-order valence-electron chi connectivity index (χ2n) is 14.0. The van der Waals surface area contributed by atoms with Gasteiger partial charge < -0.3 is 4.42 Å². The molecule has 0 unspecified atom stereocenters. The number of furan rings is 1. The number of hydrogen-bond donors (Lipinski definition) is 0. The molecule has 0 N–H and O–H groups in total. The number of aryl methyl sites for hydroxylation is 1. The van der Waals surface area contributed by atoms with E-state index in [1.165, 1.54) is 17.0 Å². The van der Waals surface area contributed by atoms with Gasteiger partial charge in [-0.2, -0.15) is 0 Å². The Bertz CT molecular complexity index is 2410. The molecule has 5 aromatic carbocycles. The summed E-state index contributed by atoms with van der Waals surface area (Å²) < 4.78 is 50.6. The third-order valence-electron chi connectivity index (χ3n) is 8.77. The molecular weight excluding hydrogens is 546 g/mol.